The average Bonchev–Trinajstić information content (AvgIpc) is 2.75. The third-order valence-corrected chi connectivity index (χ3v) is 6.01. The fourth-order valence-corrected chi connectivity index (χ4v) is 4.11. The Morgan fingerprint density at radius 3 is 2.38 bits per heavy atom. The van der Waals surface area contributed by atoms with E-state index in [-0.39, 0.29) is 17.9 Å². The zero-order valence-electron chi connectivity index (χ0n) is 16.0. The highest BCUT2D eigenvalue weighted by molar-refractivity contribution is 9.10. The van der Waals surface area contributed by atoms with Gasteiger partial charge in [-0.05, 0) is 42.7 Å². The minimum Gasteiger partial charge on any atom is -0.486 e. The quantitative estimate of drug-likeness (QED) is 0.763. The Balaban J connectivity index is 1.31. The maximum absolute atomic E-state index is 12.8. The van der Waals surface area contributed by atoms with Gasteiger partial charge in [0.25, 0.3) is 5.91 Å². The highest BCUT2D eigenvalue weighted by Gasteiger charge is 2.25. The molecule has 152 valence electrons. The Labute approximate surface area is 178 Å². The molecule has 1 fully saturated rings. The molecule has 2 heterocycles. The van der Waals surface area contributed by atoms with E-state index in [9.17, 15) is 9.59 Å². The lowest BCUT2D eigenvalue weighted by Gasteiger charge is -2.32. The van der Waals surface area contributed by atoms with Crippen molar-refractivity contribution in [3.05, 3.63) is 58.1 Å². The lowest BCUT2D eigenvalue weighted by molar-refractivity contribution is -0.131. The standard InChI is InChI=1S/C22H23BrN2O4/c23-18-14-20-19(28-10-11-29-20)12-16(18)13-21(26)25-8-6-17(7-9-25)24-22(27)15-4-2-1-3-5-15/h1-5,12,14,17H,6-11,13H2,(H,24,27). The first-order valence-corrected chi connectivity index (χ1v) is 10.6. The lowest BCUT2D eigenvalue weighted by Crippen LogP contribution is -2.47. The number of fused-ring (bicyclic) bond motifs is 1. The first-order valence-electron chi connectivity index (χ1n) is 9.82. The Morgan fingerprint density at radius 2 is 1.69 bits per heavy atom. The van der Waals surface area contributed by atoms with E-state index in [1.807, 2.05) is 35.2 Å². The van der Waals surface area contributed by atoms with E-state index in [4.69, 9.17) is 9.47 Å². The molecule has 2 aromatic carbocycles. The zero-order chi connectivity index (χ0) is 20.2. The summed E-state index contributed by atoms with van der Waals surface area (Å²) in [7, 11) is 0. The number of hydrogen-bond acceptors (Lipinski definition) is 4. The summed E-state index contributed by atoms with van der Waals surface area (Å²) in [5.41, 5.74) is 1.55. The van der Waals surface area contributed by atoms with Crippen LogP contribution in [0.2, 0.25) is 0 Å². The molecule has 1 N–H and O–H groups in total. The fourth-order valence-electron chi connectivity index (χ4n) is 3.65. The number of nitrogens with zero attached hydrogens (tertiary/aromatic N) is 1. The molecule has 7 heteroatoms. The SMILES string of the molecule is O=C(NC1CCN(C(=O)Cc2cc3c(cc2Br)OCCO3)CC1)c1ccccc1. The van der Waals surface area contributed by atoms with E-state index in [0.29, 0.717) is 49.8 Å². The van der Waals surface area contributed by atoms with E-state index < -0.39 is 0 Å². The van der Waals surface area contributed by atoms with Gasteiger partial charge < -0.3 is 19.7 Å². The molecule has 0 saturated carbocycles. The molecule has 29 heavy (non-hydrogen) atoms. The van der Waals surface area contributed by atoms with Crippen molar-refractivity contribution < 1.29 is 19.1 Å². The van der Waals surface area contributed by atoms with Gasteiger partial charge in [-0.3, -0.25) is 9.59 Å². The van der Waals surface area contributed by atoms with Crippen molar-refractivity contribution in [2.45, 2.75) is 25.3 Å². The number of ether oxygens (including phenoxy) is 2. The van der Waals surface area contributed by atoms with Crippen LogP contribution < -0.4 is 14.8 Å². The summed E-state index contributed by atoms with van der Waals surface area (Å²) >= 11 is 3.53. The molecule has 0 radical (unpaired) electrons. The predicted molar refractivity (Wildman–Crippen MR) is 112 cm³/mol. The van der Waals surface area contributed by atoms with Crippen LogP contribution in [0.25, 0.3) is 0 Å². The summed E-state index contributed by atoms with van der Waals surface area (Å²) in [5.74, 6) is 1.41. The van der Waals surface area contributed by atoms with Crippen LogP contribution in [0, 0.1) is 0 Å². The van der Waals surface area contributed by atoms with E-state index >= 15 is 0 Å². The molecule has 2 aliphatic heterocycles. The summed E-state index contributed by atoms with van der Waals surface area (Å²) < 4.78 is 12.0. The molecule has 6 nitrogen and oxygen atoms in total. The molecular weight excluding hydrogens is 436 g/mol. The summed E-state index contributed by atoms with van der Waals surface area (Å²) in [5, 5.41) is 3.07. The summed E-state index contributed by atoms with van der Waals surface area (Å²) in [6, 6.07) is 13.0. The van der Waals surface area contributed by atoms with Gasteiger partial charge in [-0.2, -0.15) is 0 Å². The topological polar surface area (TPSA) is 67.9 Å². The van der Waals surface area contributed by atoms with Gasteiger partial charge in [-0.1, -0.05) is 34.1 Å². The van der Waals surface area contributed by atoms with Crippen molar-refractivity contribution in [3.8, 4) is 11.5 Å². The molecule has 2 aromatic rings. The van der Waals surface area contributed by atoms with Crippen molar-refractivity contribution in [2.24, 2.45) is 0 Å². The number of hydrogen-bond donors (Lipinski definition) is 1. The fraction of sp³-hybridized carbons (Fsp3) is 0.364. The smallest absolute Gasteiger partial charge is 0.251 e. The minimum absolute atomic E-state index is 0.0596. The first-order chi connectivity index (χ1) is 14.1. The molecule has 0 unspecified atom stereocenters. The molecule has 0 aromatic heterocycles. The van der Waals surface area contributed by atoms with Crippen LogP contribution in [0.3, 0.4) is 0 Å². The van der Waals surface area contributed by atoms with Gasteiger partial charge >= 0.3 is 0 Å². The van der Waals surface area contributed by atoms with Gasteiger partial charge in [-0.15, -0.1) is 0 Å². The number of benzene rings is 2. The lowest BCUT2D eigenvalue weighted by atomic mass is 10.0. The van der Waals surface area contributed by atoms with Crippen molar-refractivity contribution in [1.29, 1.82) is 0 Å². The summed E-state index contributed by atoms with van der Waals surface area (Å²) in [4.78, 5) is 27.0. The summed E-state index contributed by atoms with van der Waals surface area (Å²) in [6.45, 7) is 2.33. The second kappa shape index (κ2) is 8.86. The van der Waals surface area contributed by atoms with Gasteiger partial charge in [0.2, 0.25) is 5.91 Å². The zero-order valence-corrected chi connectivity index (χ0v) is 17.6. The Bertz CT molecular complexity index is 895. The van der Waals surface area contributed by atoms with E-state index in [0.717, 1.165) is 22.9 Å². The maximum atomic E-state index is 12.8. The van der Waals surface area contributed by atoms with E-state index in [1.165, 1.54) is 0 Å². The molecule has 2 aliphatic rings. The monoisotopic (exact) mass is 458 g/mol. The molecular formula is C22H23BrN2O4. The third-order valence-electron chi connectivity index (χ3n) is 5.27. The molecule has 1 saturated heterocycles. The highest BCUT2D eigenvalue weighted by Crippen LogP contribution is 2.36. The second-order valence-electron chi connectivity index (χ2n) is 7.26. The van der Waals surface area contributed by atoms with Crippen molar-refractivity contribution >= 4 is 27.7 Å². The second-order valence-corrected chi connectivity index (χ2v) is 8.11. The Hall–Kier alpha value is -2.54. The van der Waals surface area contributed by atoms with E-state index in [2.05, 4.69) is 21.2 Å². The molecule has 0 bridgehead atoms. The predicted octanol–water partition coefficient (Wildman–Crippen LogP) is 3.18. The number of carbonyl (C=O) groups excluding carboxylic acids is 2. The number of halogens is 1. The average molecular weight is 459 g/mol. The minimum atomic E-state index is -0.0596. The van der Waals surface area contributed by atoms with Crippen molar-refractivity contribution in [1.82, 2.24) is 10.2 Å². The highest BCUT2D eigenvalue weighted by atomic mass is 79.9. The number of carbonyl (C=O) groups is 2. The number of rotatable bonds is 4. The first kappa shape index (κ1) is 19.8. The molecule has 0 spiro atoms. The number of nitrogens with one attached hydrogen (secondary N) is 1. The van der Waals surface area contributed by atoms with Gasteiger partial charge in [0, 0.05) is 29.2 Å². The molecule has 2 amide bonds. The van der Waals surface area contributed by atoms with Crippen molar-refractivity contribution in [2.75, 3.05) is 26.3 Å². The number of amides is 2. The van der Waals surface area contributed by atoms with Crippen LogP contribution >= 0.6 is 15.9 Å². The van der Waals surface area contributed by atoms with Gasteiger partial charge in [0.15, 0.2) is 11.5 Å². The van der Waals surface area contributed by atoms with Gasteiger partial charge in [-0.25, -0.2) is 0 Å². The molecule has 0 atom stereocenters. The number of likely N-dealkylation sites (tertiary alicyclic amines) is 1. The maximum Gasteiger partial charge on any atom is 0.251 e. The van der Waals surface area contributed by atoms with Crippen LogP contribution in [0.1, 0.15) is 28.8 Å². The van der Waals surface area contributed by atoms with Crippen LogP contribution in [0.4, 0.5) is 0 Å². The Morgan fingerprint density at radius 1 is 1.03 bits per heavy atom. The normalized spacial score (nSPS) is 16.4. The van der Waals surface area contributed by atoms with Crippen LogP contribution in [-0.2, 0) is 11.2 Å². The summed E-state index contributed by atoms with van der Waals surface area (Å²) in [6.07, 6.45) is 1.82. The third kappa shape index (κ3) is 4.72. The molecule has 0 aliphatic carbocycles. The Kier molecular flexibility index (Phi) is 6.04. The number of piperidine rings is 1. The molecule has 4 rings (SSSR count). The van der Waals surface area contributed by atoms with Crippen LogP contribution in [-0.4, -0.2) is 49.1 Å². The largest absolute Gasteiger partial charge is 0.486 e. The van der Waals surface area contributed by atoms with Crippen LogP contribution in [0.5, 0.6) is 11.5 Å². The van der Waals surface area contributed by atoms with Gasteiger partial charge in [0.05, 0.1) is 6.42 Å². The van der Waals surface area contributed by atoms with Crippen molar-refractivity contribution in [3.63, 3.8) is 0 Å². The van der Waals surface area contributed by atoms with E-state index in [1.54, 1.807) is 12.1 Å². The van der Waals surface area contributed by atoms with Crippen LogP contribution in [0.15, 0.2) is 46.9 Å². The van der Waals surface area contributed by atoms with Gasteiger partial charge in [0.1, 0.15) is 13.2 Å².